The summed E-state index contributed by atoms with van der Waals surface area (Å²) in [5, 5.41) is 0. The SMILES string of the molecule is COC(=O)c1ccccc1N(C)Cc1cncc(F)c1. The minimum absolute atomic E-state index is 0.378. The second-order valence-electron chi connectivity index (χ2n) is 4.38. The van der Waals surface area contributed by atoms with E-state index in [9.17, 15) is 9.18 Å². The third-order valence-corrected chi connectivity index (χ3v) is 2.90. The number of nitrogens with zero attached hydrogens (tertiary/aromatic N) is 2. The Morgan fingerprint density at radius 2 is 2.10 bits per heavy atom. The van der Waals surface area contributed by atoms with Crippen molar-refractivity contribution in [3.05, 3.63) is 59.7 Å². The van der Waals surface area contributed by atoms with E-state index >= 15 is 0 Å². The summed E-state index contributed by atoms with van der Waals surface area (Å²) < 4.78 is 17.9. The van der Waals surface area contributed by atoms with Crippen LogP contribution >= 0.6 is 0 Å². The summed E-state index contributed by atoms with van der Waals surface area (Å²) in [5.41, 5.74) is 1.93. The van der Waals surface area contributed by atoms with Gasteiger partial charge < -0.3 is 9.64 Å². The van der Waals surface area contributed by atoms with Crippen LogP contribution in [0.5, 0.6) is 0 Å². The van der Waals surface area contributed by atoms with Gasteiger partial charge in [0.15, 0.2) is 0 Å². The Hall–Kier alpha value is -2.43. The molecule has 0 bridgehead atoms. The lowest BCUT2D eigenvalue weighted by atomic mass is 10.1. The molecule has 0 saturated carbocycles. The van der Waals surface area contributed by atoms with Gasteiger partial charge in [-0.05, 0) is 23.8 Å². The van der Waals surface area contributed by atoms with Gasteiger partial charge in [-0.15, -0.1) is 0 Å². The fourth-order valence-corrected chi connectivity index (χ4v) is 1.99. The van der Waals surface area contributed by atoms with E-state index < -0.39 is 5.97 Å². The van der Waals surface area contributed by atoms with E-state index in [1.807, 2.05) is 24.1 Å². The highest BCUT2D eigenvalue weighted by Gasteiger charge is 2.14. The molecule has 104 valence electrons. The summed E-state index contributed by atoms with van der Waals surface area (Å²) in [6.07, 6.45) is 2.76. The van der Waals surface area contributed by atoms with Crippen LogP contribution in [0.2, 0.25) is 0 Å². The summed E-state index contributed by atoms with van der Waals surface area (Å²) in [7, 11) is 3.17. The van der Waals surface area contributed by atoms with E-state index in [1.165, 1.54) is 13.2 Å². The summed E-state index contributed by atoms with van der Waals surface area (Å²) in [6, 6.07) is 8.54. The predicted molar refractivity (Wildman–Crippen MR) is 74.1 cm³/mol. The molecule has 0 radical (unpaired) electrons. The standard InChI is InChI=1S/C15H15FN2O2/c1-18(10-11-7-12(16)9-17-8-11)14-6-4-3-5-13(14)15(19)20-2/h3-9H,10H2,1-2H3. The Morgan fingerprint density at radius 1 is 1.35 bits per heavy atom. The van der Waals surface area contributed by atoms with Gasteiger partial charge in [0.2, 0.25) is 0 Å². The van der Waals surface area contributed by atoms with Crippen molar-refractivity contribution >= 4 is 11.7 Å². The summed E-state index contributed by atoms with van der Waals surface area (Å²) >= 11 is 0. The van der Waals surface area contributed by atoms with Crippen molar-refractivity contribution in [3.63, 3.8) is 0 Å². The summed E-state index contributed by atoms with van der Waals surface area (Å²) in [5.74, 6) is -0.776. The average molecular weight is 274 g/mol. The number of esters is 1. The number of hydrogen-bond acceptors (Lipinski definition) is 4. The van der Waals surface area contributed by atoms with Gasteiger partial charge in [0, 0.05) is 19.8 Å². The number of aromatic nitrogens is 1. The lowest BCUT2D eigenvalue weighted by Gasteiger charge is -2.21. The lowest BCUT2D eigenvalue weighted by molar-refractivity contribution is 0.0601. The Balaban J connectivity index is 2.25. The largest absolute Gasteiger partial charge is 0.465 e. The van der Waals surface area contributed by atoms with Gasteiger partial charge in [-0.3, -0.25) is 4.98 Å². The first-order valence-corrected chi connectivity index (χ1v) is 6.09. The number of carbonyl (C=O) groups is 1. The fourth-order valence-electron chi connectivity index (χ4n) is 1.99. The number of para-hydroxylation sites is 1. The Morgan fingerprint density at radius 3 is 2.80 bits per heavy atom. The van der Waals surface area contributed by atoms with Crippen LogP contribution in [0.1, 0.15) is 15.9 Å². The van der Waals surface area contributed by atoms with Crippen LogP contribution in [0.3, 0.4) is 0 Å². The molecule has 0 N–H and O–H groups in total. The van der Waals surface area contributed by atoms with E-state index in [1.54, 1.807) is 18.3 Å². The van der Waals surface area contributed by atoms with Crippen molar-refractivity contribution < 1.29 is 13.9 Å². The topological polar surface area (TPSA) is 42.4 Å². The molecule has 1 aromatic carbocycles. The minimum Gasteiger partial charge on any atom is -0.465 e. The molecule has 5 heteroatoms. The number of ether oxygens (including phenoxy) is 1. The number of rotatable bonds is 4. The van der Waals surface area contributed by atoms with Crippen LogP contribution in [0.25, 0.3) is 0 Å². The van der Waals surface area contributed by atoms with E-state index in [0.717, 1.165) is 17.4 Å². The monoisotopic (exact) mass is 274 g/mol. The number of halogens is 1. The van der Waals surface area contributed by atoms with E-state index in [4.69, 9.17) is 4.74 Å². The van der Waals surface area contributed by atoms with Crippen LogP contribution in [0, 0.1) is 5.82 Å². The second-order valence-corrected chi connectivity index (χ2v) is 4.38. The molecule has 0 aliphatic carbocycles. The highest BCUT2D eigenvalue weighted by atomic mass is 19.1. The third-order valence-electron chi connectivity index (χ3n) is 2.90. The average Bonchev–Trinajstić information content (AvgIpc) is 2.46. The zero-order chi connectivity index (χ0) is 14.5. The minimum atomic E-state index is -0.398. The Labute approximate surface area is 116 Å². The maximum atomic E-state index is 13.1. The normalized spacial score (nSPS) is 10.2. The highest BCUT2D eigenvalue weighted by Crippen LogP contribution is 2.21. The second kappa shape index (κ2) is 6.14. The molecule has 2 rings (SSSR count). The molecule has 0 fully saturated rings. The zero-order valence-electron chi connectivity index (χ0n) is 11.3. The number of benzene rings is 1. The number of anilines is 1. The van der Waals surface area contributed by atoms with Gasteiger partial charge in [0.25, 0.3) is 0 Å². The summed E-state index contributed by atoms with van der Waals surface area (Å²) in [4.78, 5) is 17.4. The molecular weight excluding hydrogens is 259 g/mol. The van der Waals surface area contributed by atoms with Gasteiger partial charge in [-0.1, -0.05) is 12.1 Å². The van der Waals surface area contributed by atoms with Crippen molar-refractivity contribution in [2.45, 2.75) is 6.54 Å². The molecule has 2 aromatic rings. The quantitative estimate of drug-likeness (QED) is 0.804. The van der Waals surface area contributed by atoms with Crippen LogP contribution in [0.4, 0.5) is 10.1 Å². The molecule has 0 amide bonds. The Kier molecular flexibility index (Phi) is 4.30. The summed E-state index contributed by atoms with van der Waals surface area (Å²) in [6.45, 7) is 0.443. The number of hydrogen-bond donors (Lipinski definition) is 0. The first-order chi connectivity index (χ1) is 9.61. The van der Waals surface area contributed by atoms with E-state index in [2.05, 4.69) is 4.98 Å². The van der Waals surface area contributed by atoms with E-state index in [-0.39, 0.29) is 5.82 Å². The maximum Gasteiger partial charge on any atom is 0.339 e. The van der Waals surface area contributed by atoms with Gasteiger partial charge in [0.05, 0.1) is 24.6 Å². The zero-order valence-corrected chi connectivity index (χ0v) is 11.3. The molecule has 1 aromatic heterocycles. The lowest BCUT2D eigenvalue weighted by Crippen LogP contribution is -2.20. The fraction of sp³-hybridized carbons (Fsp3) is 0.200. The molecule has 0 atom stereocenters. The molecule has 0 saturated heterocycles. The van der Waals surface area contributed by atoms with Crippen molar-refractivity contribution in [2.75, 3.05) is 19.1 Å². The number of methoxy groups -OCH3 is 1. The van der Waals surface area contributed by atoms with Crippen molar-refractivity contribution in [3.8, 4) is 0 Å². The third kappa shape index (κ3) is 3.12. The number of carbonyl (C=O) groups excluding carboxylic acids is 1. The van der Waals surface area contributed by atoms with Crippen LogP contribution < -0.4 is 4.90 Å². The van der Waals surface area contributed by atoms with Crippen molar-refractivity contribution in [1.82, 2.24) is 4.98 Å². The highest BCUT2D eigenvalue weighted by molar-refractivity contribution is 5.95. The molecule has 4 nitrogen and oxygen atoms in total. The van der Waals surface area contributed by atoms with Crippen molar-refractivity contribution in [1.29, 1.82) is 0 Å². The molecule has 0 aliphatic heterocycles. The first-order valence-electron chi connectivity index (χ1n) is 6.09. The van der Waals surface area contributed by atoms with Crippen molar-refractivity contribution in [2.24, 2.45) is 0 Å². The van der Waals surface area contributed by atoms with Crippen LogP contribution in [0.15, 0.2) is 42.7 Å². The Bertz CT molecular complexity index is 616. The molecule has 20 heavy (non-hydrogen) atoms. The van der Waals surface area contributed by atoms with Gasteiger partial charge in [0.1, 0.15) is 5.82 Å². The predicted octanol–water partition coefficient (Wildman–Crippen LogP) is 2.64. The number of pyridine rings is 1. The van der Waals surface area contributed by atoms with Crippen LogP contribution in [-0.4, -0.2) is 25.1 Å². The van der Waals surface area contributed by atoms with Gasteiger partial charge in [-0.2, -0.15) is 0 Å². The maximum absolute atomic E-state index is 13.1. The molecule has 0 spiro atoms. The van der Waals surface area contributed by atoms with Crippen LogP contribution in [-0.2, 0) is 11.3 Å². The molecule has 0 unspecified atom stereocenters. The first kappa shape index (κ1) is 14.0. The molecule has 1 heterocycles. The molecular formula is C15H15FN2O2. The van der Waals surface area contributed by atoms with Gasteiger partial charge >= 0.3 is 5.97 Å². The molecule has 0 aliphatic rings. The van der Waals surface area contributed by atoms with Gasteiger partial charge in [-0.25, -0.2) is 9.18 Å². The smallest absolute Gasteiger partial charge is 0.339 e. The van der Waals surface area contributed by atoms with E-state index in [0.29, 0.717) is 12.1 Å².